The normalized spacial score (nSPS) is 14.6. The van der Waals surface area contributed by atoms with E-state index < -0.39 is 0 Å². The smallest absolute Gasteiger partial charge is 0.155 e. The molecule has 1 aliphatic rings. The summed E-state index contributed by atoms with van der Waals surface area (Å²) in [7, 11) is 0. The number of hydrogen-bond donors (Lipinski definition) is 0. The van der Waals surface area contributed by atoms with E-state index in [1.807, 2.05) is 30.5 Å². The Morgan fingerprint density at radius 3 is 2.96 bits per heavy atom. The minimum absolute atomic E-state index is 0.395. The monoisotopic (exact) mass is 367 g/mol. The first kappa shape index (κ1) is 17.1. The maximum absolute atomic E-state index is 6.44. The summed E-state index contributed by atoms with van der Waals surface area (Å²) in [6.07, 6.45) is 7.79. The summed E-state index contributed by atoms with van der Waals surface area (Å²) < 4.78 is 7.93. The van der Waals surface area contributed by atoms with E-state index in [0.717, 1.165) is 60.6 Å². The molecule has 0 unspecified atom stereocenters. The number of halogens is 1. The number of aromatic nitrogens is 3. The highest BCUT2D eigenvalue weighted by Gasteiger charge is 2.29. The van der Waals surface area contributed by atoms with Crippen molar-refractivity contribution in [3.8, 4) is 17.0 Å². The van der Waals surface area contributed by atoms with Gasteiger partial charge >= 0.3 is 0 Å². The zero-order chi connectivity index (χ0) is 18.1. The lowest BCUT2D eigenvalue weighted by molar-refractivity contribution is 0.309. The Hall–Kier alpha value is -2.33. The fourth-order valence-corrected chi connectivity index (χ4v) is 3.64. The molecule has 26 heavy (non-hydrogen) atoms. The molecule has 0 N–H and O–H groups in total. The zero-order valence-corrected chi connectivity index (χ0v) is 15.7. The molecule has 0 amide bonds. The van der Waals surface area contributed by atoms with E-state index in [1.54, 1.807) is 6.20 Å². The second-order valence-corrected chi connectivity index (χ2v) is 7.20. The van der Waals surface area contributed by atoms with Crippen molar-refractivity contribution in [2.75, 3.05) is 6.61 Å². The summed E-state index contributed by atoms with van der Waals surface area (Å²) >= 11 is 6.44. The van der Waals surface area contributed by atoms with Crippen LogP contribution in [0.25, 0.3) is 16.8 Å². The maximum atomic E-state index is 6.44. The molecule has 0 radical (unpaired) electrons. The highest BCUT2D eigenvalue weighted by atomic mass is 35.5. The molecule has 2 heterocycles. The first-order chi connectivity index (χ1) is 12.7. The van der Waals surface area contributed by atoms with Crippen molar-refractivity contribution in [2.24, 2.45) is 0 Å². The lowest BCUT2D eigenvalue weighted by atomic mass is 9.80. The molecule has 0 aliphatic heterocycles. The van der Waals surface area contributed by atoms with E-state index in [9.17, 15) is 0 Å². The number of allylic oxidation sites excluding steroid dienone is 1. The highest BCUT2D eigenvalue weighted by Crippen LogP contribution is 2.42. The van der Waals surface area contributed by atoms with Crippen molar-refractivity contribution >= 4 is 17.1 Å². The van der Waals surface area contributed by atoms with E-state index in [4.69, 9.17) is 21.3 Å². The maximum Gasteiger partial charge on any atom is 0.155 e. The molecule has 4 rings (SSSR count). The van der Waals surface area contributed by atoms with Gasteiger partial charge in [0.25, 0.3) is 0 Å². The Balaban J connectivity index is 1.77. The molecule has 0 atom stereocenters. The molecule has 0 bridgehead atoms. The first-order valence-electron chi connectivity index (χ1n) is 9.09. The molecule has 1 saturated carbocycles. The molecule has 1 aromatic carbocycles. The van der Waals surface area contributed by atoms with Gasteiger partial charge in [0.2, 0.25) is 0 Å². The highest BCUT2D eigenvalue weighted by molar-refractivity contribution is 6.33. The molecular formula is C21H22ClN3O. The van der Waals surface area contributed by atoms with E-state index in [0.29, 0.717) is 11.1 Å². The number of fused-ring (bicyclic) bond motifs is 1. The van der Waals surface area contributed by atoms with Crippen LogP contribution in [0.1, 0.15) is 44.3 Å². The molecule has 134 valence electrons. The van der Waals surface area contributed by atoms with Crippen LogP contribution in [0.2, 0.25) is 5.15 Å². The van der Waals surface area contributed by atoms with Crippen molar-refractivity contribution < 1.29 is 4.74 Å². The minimum Gasteiger partial charge on any atom is -0.494 e. The standard InChI is InChI=1S/C21H22ClN3O/c1-3-4-10-26-17-7-5-6-15(13-17)18-19-20(22)23-8-9-25(19)21(24-18)16-11-14(2)12-16/h5-9,13,16H,2-4,10-12H2,1H3. The van der Waals surface area contributed by atoms with Crippen LogP contribution in [-0.2, 0) is 0 Å². The SMILES string of the molecule is C=C1CC(c2nc(-c3cccc(OCCCC)c3)c3c(Cl)nccn23)C1. The van der Waals surface area contributed by atoms with Gasteiger partial charge in [0, 0.05) is 23.9 Å². The van der Waals surface area contributed by atoms with Crippen molar-refractivity contribution in [2.45, 2.75) is 38.5 Å². The van der Waals surface area contributed by atoms with Gasteiger partial charge in [-0.25, -0.2) is 9.97 Å². The Morgan fingerprint density at radius 2 is 2.19 bits per heavy atom. The van der Waals surface area contributed by atoms with Gasteiger partial charge < -0.3 is 4.74 Å². The van der Waals surface area contributed by atoms with E-state index >= 15 is 0 Å². The first-order valence-corrected chi connectivity index (χ1v) is 9.47. The number of hydrogen-bond acceptors (Lipinski definition) is 3. The van der Waals surface area contributed by atoms with Crippen LogP contribution in [0.3, 0.4) is 0 Å². The number of benzene rings is 1. The third kappa shape index (κ3) is 3.10. The van der Waals surface area contributed by atoms with E-state index in [-0.39, 0.29) is 0 Å². The molecule has 2 aromatic heterocycles. The van der Waals surface area contributed by atoms with E-state index in [1.165, 1.54) is 5.57 Å². The fraction of sp³-hybridized carbons (Fsp3) is 0.333. The quantitative estimate of drug-likeness (QED) is 0.416. The van der Waals surface area contributed by atoms with Crippen LogP contribution in [0.15, 0.2) is 48.8 Å². The average Bonchev–Trinajstić information content (AvgIpc) is 3.00. The number of ether oxygens (including phenoxy) is 1. The summed E-state index contributed by atoms with van der Waals surface area (Å²) in [6.45, 7) is 6.93. The third-order valence-corrected chi connectivity index (χ3v) is 5.12. The number of imidazole rings is 1. The molecule has 0 spiro atoms. The molecule has 1 aliphatic carbocycles. The molecule has 5 heteroatoms. The topological polar surface area (TPSA) is 39.4 Å². The summed E-state index contributed by atoms with van der Waals surface area (Å²) in [4.78, 5) is 9.22. The number of unbranched alkanes of at least 4 members (excludes halogenated alkanes) is 1. The third-order valence-electron chi connectivity index (χ3n) is 4.85. The summed E-state index contributed by atoms with van der Waals surface area (Å²) in [5.74, 6) is 2.28. The summed E-state index contributed by atoms with van der Waals surface area (Å²) in [5, 5.41) is 0.469. The second-order valence-electron chi connectivity index (χ2n) is 6.84. The van der Waals surface area contributed by atoms with Gasteiger partial charge in [-0.15, -0.1) is 0 Å². The largest absolute Gasteiger partial charge is 0.494 e. The number of rotatable bonds is 6. The van der Waals surface area contributed by atoms with Gasteiger partial charge in [0.05, 0.1) is 12.3 Å². The van der Waals surface area contributed by atoms with Crippen LogP contribution in [-0.4, -0.2) is 21.0 Å². The second kappa shape index (κ2) is 7.12. The van der Waals surface area contributed by atoms with Crippen LogP contribution in [0.5, 0.6) is 5.75 Å². The fourth-order valence-electron chi connectivity index (χ4n) is 3.40. The van der Waals surface area contributed by atoms with Crippen LogP contribution < -0.4 is 4.74 Å². The molecule has 1 fully saturated rings. The molecule has 0 saturated heterocycles. The lowest BCUT2D eigenvalue weighted by Gasteiger charge is -2.27. The Morgan fingerprint density at radius 1 is 1.35 bits per heavy atom. The van der Waals surface area contributed by atoms with E-state index in [2.05, 4.69) is 22.9 Å². The Bertz CT molecular complexity index is 955. The molecule has 3 aromatic rings. The van der Waals surface area contributed by atoms with Crippen LogP contribution >= 0.6 is 11.6 Å². The Kier molecular flexibility index (Phi) is 4.68. The summed E-state index contributed by atoms with van der Waals surface area (Å²) in [6, 6.07) is 8.05. The van der Waals surface area contributed by atoms with Crippen molar-refractivity contribution in [3.63, 3.8) is 0 Å². The lowest BCUT2D eigenvalue weighted by Crippen LogP contribution is -2.15. The molecular weight excluding hydrogens is 346 g/mol. The molecule has 4 nitrogen and oxygen atoms in total. The van der Waals surface area contributed by atoms with Gasteiger partial charge in [0.15, 0.2) is 5.15 Å². The van der Waals surface area contributed by atoms with Crippen molar-refractivity contribution in [3.05, 3.63) is 59.8 Å². The van der Waals surface area contributed by atoms with Crippen molar-refractivity contribution in [1.29, 1.82) is 0 Å². The predicted molar refractivity (Wildman–Crippen MR) is 105 cm³/mol. The Labute approximate surface area is 158 Å². The van der Waals surface area contributed by atoms with Crippen molar-refractivity contribution in [1.82, 2.24) is 14.4 Å². The minimum atomic E-state index is 0.395. The van der Waals surface area contributed by atoms with Crippen LogP contribution in [0, 0.1) is 0 Å². The predicted octanol–water partition coefficient (Wildman–Crippen LogP) is 5.66. The number of nitrogens with zero attached hydrogens (tertiary/aromatic N) is 3. The van der Waals surface area contributed by atoms with Crippen LogP contribution in [0.4, 0.5) is 0 Å². The summed E-state index contributed by atoms with van der Waals surface area (Å²) in [5.41, 5.74) is 3.99. The van der Waals surface area contributed by atoms with Gasteiger partial charge in [-0.05, 0) is 31.4 Å². The van der Waals surface area contributed by atoms with Gasteiger partial charge in [-0.3, -0.25) is 4.40 Å². The average molecular weight is 368 g/mol. The van der Waals surface area contributed by atoms with Gasteiger partial charge in [0.1, 0.15) is 17.1 Å². The zero-order valence-electron chi connectivity index (χ0n) is 14.9. The van der Waals surface area contributed by atoms with Gasteiger partial charge in [-0.1, -0.05) is 49.2 Å². The van der Waals surface area contributed by atoms with Gasteiger partial charge in [-0.2, -0.15) is 0 Å².